The molecule has 0 bridgehead atoms. The number of rotatable bonds is 7. The van der Waals surface area contributed by atoms with Crippen LogP contribution in [0.15, 0.2) is 59.0 Å². The molecule has 0 amide bonds. The summed E-state index contributed by atoms with van der Waals surface area (Å²) < 4.78 is 0. The Morgan fingerprint density at radius 1 is 1.25 bits per heavy atom. The molecule has 0 unspecified atom stereocenters. The molecule has 0 saturated heterocycles. The number of nitrogens with two attached hydrogens (primary N) is 1. The molecule has 0 saturated carbocycles. The van der Waals surface area contributed by atoms with Gasteiger partial charge in [-0.1, -0.05) is 30.3 Å². The first-order chi connectivity index (χ1) is 13.4. The van der Waals surface area contributed by atoms with E-state index in [0.717, 1.165) is 5.56 Å². The van der Waals surface area contributed by atoms with Crippen LogP contribution in [0.2, 0.25) is 0 Å². The zero-order valence-corrected chi connectivity index (χ0v) is 15.2. The number of nitrogens with one attached hydrogen (secondary N) is 1. The number of benzene rings is 2. The molecule has 0 atom stereocenters. The molecule has 0 aliphatic carbocycles. The summed E-state index contributed by atoms with van der Waals surface area (Å²) in [6.45, 7) is 0. The fourth-order valence-corrected chi connectivity index (χ4v) is 3.07. The van der Waals surface area contributed by atoms with E-state index in [2.05, 4.69) is 15.5 Å². The average molecular weight is 397 g/mol. The summed E-state index contributed by atoms with van der Waals surface area (Å²) >= 11 is 1.25. The fourth-order valence-electron chi connectivity index (χ4n) is 2.41. The van der Waals surface area contributed by atoms with E-state index in [1.165, 1.54) is 29.5 Å². The molecule has 10 heteroatoms. The number of carboxylic acids is 1. The Kier molecular flexibility index (Phi) is 5.61. The van der Waals surface area contributed by atoms with Crippen molar-refractivity contribution < 1.29 is 14.8 Å². The Morgan fingerprint density at radius 3 is 2.64 bits per heavy atom. The van der Waals surface area contributed by atoms with E-state index in [4.69, 9.17) is 5.73 Å². The Balaban J connectivity index is 1.78. The molecule has 1 aromatic heterocycles. The first kappa shape index (κ1) is 19.0. The monoisotopic (exact) mass is 397 g/mol. The van der Waals surface area contributed by atoms with Crippen molar-refractivity contribution in [1.82, 2.24) is 4.98 Å². The van der Waals surface area contributed by atoms with E-state index >= 15 is 0 Å². The molecule has 2 aromatic carbocycles. The smallest absolute Gasteiger partial charge is 0.352 e. The van der Waals surface area contributed by atoms with Gasteiger partial charge < -0.3 is 10.8 Å². The maximum absolute atomic E-state index is 11.5. The third-order valence-electron chi connectivity index (χ3n) is 3.79. The molecule has 3 rings (SSSR count). The van der Waals surface area contributed by atoms with Crippen LogP contribution in [-0.2, 0) is 11.2 Å². The van der Waals surface area contributed by atoms with Crippen molar-refractivity contribution in [3.63, 3.8) is 0 Å². The molecule has 0 radical (unpaired) electrons. The lowest BCUT2D eigenvalue weighted by molar-refractivity contribution is -0.385. The first-order valence-corrected chi connectivity index (χ1v) is 8.91. The van der Waals surface area contributed by atoms with Crippen LogP contribution in [0.5, 0.6) is 0 Å². The third kappa shape index (κ3) is 4.48. The lowest BCUT2D eigenvalue weighted by Crippen LogP contribution is -2.18. The van der Waals surface area contributed by atoms with Gasteiger partial charge in [0.1, 0.15) is 5.71 Å². The highest BCUT2D eigenvalue weighted by molar-refractivity contribution is 7.14. The summed E-state index contributed by atoms with van der Waals surface area (Å²) in [6.07, 6.45) is -0.199. The normalized spacial score (nSPS) is 11.2. The van der Waals surface area contributed by atoms with E-state index in [-0.39, 0.29) is 23.4 Å². The minimum absolute atomic E-state index is 0.156. The molecule has 0 aliphatic rings. The Bertz CT molecular complexity index is 1050. The number of nitrogens with zero attached hydrogens (tertiary/aromatic N) is 3. The number of aromatic nitrogens is 1. The number of thiazole rings is 1. The SMILES string of the molecule is Nc1ccc(-c2csc(N/N=C(\Cc3ccccc3[N+](=O)[O-])C(=O)O)n2)cc1. The number of nitrogen functional groups attached to an aromatic ring is 1. The number of aliphatic carboxylic acids is 1. The van der Waals surface area contributed by atoms with Gasteiger partial charge in [-0.25, -0.2) is 9.78 Å². The highest BCUT2D eigenvalue weighted by atomic mass is 32.1. The van der Waals surface area contributed by atoms with Crippen molar-refractivity contribution in [2.24, 2.45) is 5.10 Å². The maximum Gasteiger partial charge on any atom is 0.352 e. The van der Waals surface area contributed by atoms with Crippen molar-refractivity contribution in [2.75, 3.05) is 11.2 Å². The van der Waals surface area contributed by atoms with Gasteiger partial charge in [0.15, 0.2) is 0 Å². The number of nitro benzene ring substituents is 1. The molecule has 142 valence electrons. The van der Waals surface area contributed by atoms with Crippen LogP contribution in [-0.4, -0.2) is 26.7 Å². The highest BCUT2D eigenvalue weighted by Crippen LogP contribution is 2.25. The molecule has 4 N–H and O–H groups in total. The van der Waals surface area contributed by atoms with Gasteiger partial charge in [-0.15, -0.1) is 11.3 Å². The number of nitro groups is 1. The minimum Gasteiger partial charge on any atom is -0.477 e. The van der Waals surface area contributed by atoms with Gasteiger partial charge in [-0.2, -0.15) is 5.10 Å². The fraction of sp³-hybridized carbons (Fsp3) is 0.0556. The van der Waals surface area contributed by atoms with Crippen LogP contribution in [0.25, 0.3) is 11.3 Å². The summed E-state index contributed by atoms with van der Waals surface area (Å²) in [4.78, 5) is 26.4. The third-order valence-corrected chi connectivity index (χ3v) is 4.54. The van der Waals surface area contributed by atoms with Crippen LogP contribution in [0.1, 0.15) is 5.56 Å². The van der Waals surface area contributed by atoms with Crippen molar-refractivity contribution in [2.45, 2.75) is 6.42 Å². The second-order valence-electron chi connectivity index (χ2n) is 5.70. The van der Waals surface area contributed by atoms with E-state index in [0.29, 0.717) is 16.5 Å². The van der Waals surface area contributed by atoms with Gasteiger partial charge in [0.05, 0.1) is 10.6 Å². The number of carbonyl (C=O) groups is 1. The molecule has 0 fully saturated rings. The predicted molar refractivity (Wildman–Crippen MR) is 107 cm³/mol. The molecule has 3 aromatic rings. The quantitative estimate of drug-likeness (QED) is 0.240. The average Bonchev–Trinajstić information content (AvgIpc) is 3.14. The molecular formula is C18H15N5O4S. The second-order valence-corrected chi connectivity index (χ2v) is 6.56. The first-order valence-electron chi connectivity index (χ1n) is 8.03. The summed E-state index contributed by atoms with van der Waals surface area (Å²) in [5.74, 6) is -1.28. The van der Waals surface area contributed by atoms with Crippen molar-refractivity contribution in [1.29, 1.82) is 0 Å². The number of para-hydroxylation sites is 1. The van der Waals surface area contributed by atoms with Gasteiger partial charge in [0.25, 0.3) is 5.69 Å². The molecular weight excluding hydrogens is 382 g/mol. The molecule has 28 heavy (non-hydrogen) atoms. The lowest BCUT2D eigenvalue weighted by atomic mass is 10.1. The zero-order chi connectivity index (χ0) is 20.1. The van der Waals surface area contributed by atoms with E-state index in [1.54, 1.807) is 23.6 Å². The molecule has 1 heterocycles. The maximum atomic E-state index is 11.5. The van der Waals surface area contributed by atoms with Crippen LogP contribution < -0.4 is 11.2 Å². The van der Waals surface area contributed by atoms with Gasteiger partial charge >= 0.3 is 5.97 Å². The summed E-state index contributed by atoms with van der Waals surface area (Å²) in [6, 6.07) is 13.1. The van der Waals surface area contributed by atoms with Gasteiger partial charge in [0.2, 0.25) is 5.13 Å². The molecule has 0 aliphatic heterocycles. The summed E-state index contributed by atoms with van der Waals surface area (Å²) in [5, 5.41) is 26.6. The van der Waals surface area contributed by atoms with Gasteiger partial charge in [-0.05, 0) is 12.1 Å². The van der Waals surface area contributed by atoms with Gasteiger partial charge in [0, 0.05) is 34.7 Å². The number of hydrogen-bond acceptors (Lipinski definition) is 8. The van der Waals surface area contributed by atoms with Crippen molar-refractivity contribution in [3.05, 3.63) is 69.6 Å². The molecule has 9 nitrogen and oxygen atoms in total. The van der Waals surface area contributed by atoms with Crippen molar-refractivity contribution in [3.8, 4) is 11.3 Å². The Hall–Kier alpha value is -3.79. The predicted octanol–water partition coefficient (Wildman–Crippen LogP) is 3.40. The lowest BCUT2D eigenvalue weighted by Gasteiger charge is -2.04. The Morgan fingerprint density at radius 2 is 1.96 bits per heavy atom. The number of carboxylic acid groups (broad SMARTS) is 1. The van der Waals surface area contributed by atoms with Crippen molar-refractivity contribution >= 4 is 39.5 Å². The summed E-state index contributed by atoms with van der Waals surface area (Å²) in [5.41, 5.74) is 10.3. The van der Waals surface area contributed by atoms with Crippen LogP contribution in [0, 0.1) is 10.1 Å². The minimum atomic E-state index is -1.28. The van der Waals surface area contributed by atoms with Crippen LogP contribution in [0.3, 0.4) is 0 Å². The zero-order valence-electron chi connectivity index (χ0n) is 14.4. The van der Waals surface area contributed by atoms with Crippen LogP contribution in [0.4, 0.5) is 16.5 Å². The van der Waals surface area contributed by atoms with E-state index in [1.807, 2.05) is 12.1 Å². The van der Waals surface area contributed by atoms with E-state index in [9.17, 15) is 20.0 Å². The van der Waals surface area contributed by atoms with Gasteiger partial charge in [-0.3, -0.25) is 15.5 Å². The number of hydrazone groups is 1. The largest absolute Gasteiger partial charge is 0.477 e. The topological polar surface area (TPSA) is 144 Å². The number of hydrogen-bond donors (Lipinski definition) is 3. The summed E-state index contributed by atoms with van der Waals surface area (Å²) in [7, 11) is 0. The highest BCUT2D eigenvalue weighted by Gasteiger charge is 2.18. The second kappa shape index (κ2) is 8.27. The van der Waals surface area contributed by atoms with E-state index < -0.39 is 10.9 Å². The Labute approximate surface area is 163 Å². The van der Waals surface area contributed by atoms with Crippen LogP contribution >= 0.6 is 11.3 Å². The molecule has 0 spiro atoms. The standard InChI is InChI=1S/C18H15N5O4S/c19-13-7-5-11(6-8-13)15-10-28-18(20-15)22-21-14(17(24)25)9-12-3-1-2-4-16(12)23(26)27/h1-8,10H,9,19H2,(H,20,22)(H,24,25)/b21-14+. The number of anilines is 2.